The van der Waals surface area contributed by atoms with Gasteiger partial charge in [0, 0.05) is 9.75 Å². The monoisotopic (exact) mass is 380 g/mol. The van der Waals surface area contributed by atoms with E-state index in [1.165, 1.54) is 22.7 Å². The molecule has 3 aromatic heterocycles. The third kappa shape index (κ3) is 4.14. The predicted molar refractivity (Wildman–Crippen MR) is 101 cm³/mol. The molecule has 0 spiro atoms. The molecule has 0 aliphatic carbocycles. The molecule has 0 radical (unpaired) electrons. The summed E-state index contributed by atoms with van der Waals surface area (Å²) in [6.45, 7) is 0. The molecule has 0 amide bonds. The van der Waals surface area contributed by atoms with Crippen LogP contribution in [0, 0.1) is 27.4 Å². The van der Waals surface area contributed by atoms with Gasteiger partial charge in [-0.05, 0) is 47.3 Å². The Balaban J connectivity index is 2.08. The van der Waals surface area contributed by atoms with E-state index in [9.17, 15) is 10.5 Å². The molecule has 0 N–H and O–H groups in total. The summed E-state index contributed by atoms with van der Waals surface area (Å²) in [5, 5.41) is 22.6. The molecule has 0 aliphatic heterocycles. The second-order valence-electron chi connectivity index (χ2n) is 4.59. The lowest BCUT2D eigenvalue weighted by Crippen LogP contribution is -1.96. The minimum absolute atomic E-state index is 0.0101. The number of hydrogen-bond acceptors (Lipinski definition) is 8. The van der Waals surface area contributed by atoms with E-state index in [0.717, 1.165) is 9.75 Å². The molecule has 0 aliphatic rings. The number of thiophene rings is 2. The van der Waals surface area contributed by atoms with Gasteiger partial charge in [-0.1, -0.05) is 12.1 Å². The van der Waals surface area contributed by atoms with Gasteiger partial charge in [0.15, 0.2) is 0 Å². The first-order chi connectivity index (χ1) is 12.2. The lowest BCUT2D eigenvalue weighted by Gasteiger charge is -2.01. The molecular weight excluding hydrogens is 372 g/mol. The Hall–Kier alpha value is -2.91. The molecule has 0 saturated carbocycles. The van der Waals surface area contributed by atoms with Gasteiger partial charge in [0.25, 0.3) is 0 Å². The summed E-state index contributed by atoms with van der Waals surface area (Å²) in [6.07, 6.45) is 3.31. The van der Waals surface area contributed by atoms with E-state index in [2.05, 4.69) is 22.1 Å². The van der Waals surface area contributed by atoms with Crippen molar-refractivity contribution in [1.29, 1.82) is 10.5 Å². The van der Waals surface area contributed by atoms with Crippen molar-refractivity contribution in [3.05, 3.63) is 61.3 Å². The second kappa shape index (κ2) is 7.77. The van der Waals surface area contributed by atoms with Crippen LogP contribution in [-0.2, 0) is 0 Å². The molecule has 0 unspecified atom stereocenters. The van der Waals surface area contributed by atoms with E-state index in [1.807, 2.05) is 35.0 Å². The van der Waals surface area contributed by atoms with Crippen molar-refractivity contribution < 1.29 is 4.42 Å². The molecule has 0 saturated heterocycles. The van der Waals surface area contributed by atoms with Crippen molar-refractivity contribution >= 4 is 58.2 Å². The van der Waals surface area contributed by atoms with Crippen LogP contribution >= 0.6 is 34.9 Å². The summed E-state index contributed by atoms with van der Waals surface area (Å²) in [7, 11) is 0. The van der Waals surface area contributed by atoms with Gasteiger partial charge in [0.05, 0.1) is 0 Å². The van der Waals surface area contributed by atoms with E-state index in [0.29, 0.717) is 0 Å². The average Bonchev–Trinajstić information content (AvgIpc) is 3.30. The van der Waals surface area contributed by atoms with Crippen LogP contribution in [0.2, 0.25) is 0 Å². The van der Waals surface area contributed by atoms with Crippen LogP contribution in [0.15, 0.2) is 39.4 Å². The second-order valence-corrected chi connectivity index (χ2v) is 6.91. The lowest BCUT2D eigenvalue weighted by molar-refractivity contribution is 0.474. The van der Waals surface area contributed by atoms with Crippen LogP contribution in [0.4, 0.5) is 0 Å². The molecule has 0 atom stereocenters. The van der Waals surface area contributed by atoms with E-state index < -0.39 is 0 Å². The fraction of sp³-hybridized carbons (Fsp3) is 0. The largest absolute Gasteiger partial charge is 0.418 e. The molecule has 3 heterocycles. The summed E-state index contributed by atoms with van der Waals surface area (Å²) in [5.41, 5.74) is 0.427. The Morgan fingerprint density at radius 3 is 1.80 bits per heavy atom. The first-order valence-electron chi connectivity index (χ1n) is 6.90. The molecule has 3 rings (SSSR count). The third-order valence-corrected chi connectivity index (χ3v) is 4.77. The maximum absolute atomic E-state index is 9.42. The van der Waals surface area contributed by atoms with Crippen LogP contribution in [0.5, 0.6) is 0 Å². The third-order valence-electron chi connectivity index (χ3n) is 2.95. The average molecular weight is 380 g/mol. The lowest BCUT2D eigenvalue weighted by atomic mass is 10.2. The first-order valence-corrected chi connectivity index (χ1v) is 9.07. The summed E-state index contributed by atoms with van der Waals surface area (Å²) in [5.74, 6) is 0.0801. The van der Waals surface area contributed by atoms with Crippen molar-refractivity contribution in [2.75, 3.05) is 0 Å². The summed E-state index contributed by atoms with van der Waals surface area (Å²) in [6, 6.07) is 11.6. The SMILES string of the molecule is N#C/C(=C/c1cccs1)c1nc(=S)nc(/C(C#N)=C\c2cccs2)o1. The van der Waals surface area contributed by atoms with Crippen molar-refractivity contribution in [1.82, 2.24) is 9.97 Å². The standard InChI is InChI=1S/C17H8N4OS3/c18-9-11(7-13-3-1-5-24-13)15-20-17(23)21-16(22-15)12(10-19)8-14-4-2-6-25-14/h1-8H/b11-7-,12-8-. The number of hydrogen-bond donors (Lipinski definition) is 0. The fourth-order valence-electron chi connectivity index (χ4n) is 1.88. The minimum atomic E-state index is 0.0101. The summed E-state index contributed by atoms with van der Waals surface area (Å²) in [4.78, 5) is 9.80. The fourth-order valence-corrected chi connectivity index (χ4v) is 3.36. The Morgan fingerprint density at radius 1 is 0.960 bits per heavy atom. The molecule has 5 nitrogen and oxygen atoms in total. The molecule has 0 fully saturated rings. The number of nitriles is 2. The Kier molecular flexibility index (Phi) is 5.26. The van der Waals surface area contributed by atoms with Crippen molar-refractivity contribution in [3.8, 4) is 12.1 Å². The number of allylic oxidation sites excluding steroid dienone is 2. The highest BCUT2D eigenvalue weighted by Crippen LogP contribution is 2.23. The van der Waals surface area contributed by atoms with Gasteiger partial charge in [-0.25, -0.2) is 0 Å². The van der Waals surface area contributed by atoms with Crippen molar-refractivity contribution in [2.24, 2.45) is 0 Å². The Bertz CT molecular complexity index is 995. The molecule has 0 aromatic carbocycles. The molecule has 120 valence electrons. The van der Waals surface area contributed by atoms with Crippen molar-refractivity contribution in [2.45, 2.75) is 0 Å². The molecule has 0 bridgehead atoms. The smallest absolute Gasteiger partial charge is 0.242 e. The van der Waals surface area contributed by atoms with E-state index in [-0.39, 0.29) is 27.7 Å². The van der Waals surface area contributed by atoms with E-state index in [1.54, 1.807) is 12.2 Å². The molecule has 25 heavy (non-hydrogen) atoms. The van der Waals surface area contributed by atoms with Crippen LogP contribution in [0.25, 0.3) is 23.3 Å². The number of rotatable bonds is 4. The van der Waals surface area contributed by atoms with Gasteiger partial charge in [-0.2, -0.15) is 20.5 Å². The molecule has 8 heteroatoms. The molecule has 3 aromatic rings. The van der Waals surface area contributed by atoms with Crippen LogP contribution in [-0.4, -0.2) is 9.97 Å². The quantitative estimate of drug-likeness (QED) is 0.465. The van der Waals surface area contributed by atoms with Gasteiger partial charge in [-0.15, -0.1) is 22.7 Å². The van der Waals surface area contributed by atoms with Gasteiger partial charge >= 0.3 is 0 Å². The highest BCUT2D eigenvalue weighted by molar-refractivity contribution is 7.71. The van der Waals surface area contributed by atoms with Gasteiger partial charge in [0.2, 0.25) is 16.6 Å². The highest BCUT2D eigenvalue weighted by Gasteiger charge is 2.13. The Labute approximate surface area is 156 Å². The van der Waals surface area contributed by atoms with E-state index >= 15 is 0 Å². The maximum Gasteiger partial charge on any atom is 0.242 e. The maximum atomic E-state index is 9.42. The van der Waals surface area contributed by atoms with Crippen molar-refractivity contribution in [3.63, 3.8) is 0 Å². The summed E-state index contributed by atoms with van der Waals surface area (Å²) >= 11 is 8.03. The van der Waals surface area contributed by atoms with Gasteiger partial charge in [0.1, 0.15) is 23.3 Å². The van der Waals surface area contributed by atoms with Crippen LogP contribution < -0.4 is 0 Å². The minimum Gasteiger partial charge on any atom is -0.418 e. The van der Waals surface area contributed by atoms with Gasteiger partial charge < -0.3 is 4.42 Å². The zero-order chi connectivity index (χ0) is 17.6. The first kappa shape index (κ1) is 16.9. The summed E-state index contributed by atoms with van der Waals surface area (Å²) < 4.78 is 5.61. The topological polar surface area (TPSA) is 86.5 Å². The van der Waals surface area contributed by atoms with Crippen LogP contribution in [0.1, 0.15) is 21.5 Å². The van der Waals surface area contributed by atoms with Crippen LogP contribution in [0.3, 0.4) is 0 Å². The highest BCUT2D eigenvalue weighted by atomic mass is 32.1. The number of nitrogens with zero attached hydrogens (tertiary/aromatic N) is 4. The zero-order valence-electron chi connectivity index (χ0n) is 12.5. The number of aromatic nitrogens is 2. The van der Waals surface area contributed by atoms with E-state index in [4.69, 9.17) is 16.6 Å². The normalized spacial score (nSPS) is 11.8. The van der Waals surface area contributed by atoms with Gasteiger partial charge in [-0.3, -0.25) is 0 Å². The zero-order valence-corrected chi connectivity index (χ0v) is 15.0. The molecular formula is C17H8N4OS3. The predicted octanol–water partition coefficient (Wildman–Crippen LogP) is 5.05. The Morgan fingerprint density at radius 2 is 1.44 bits per heavy atom.